The standard InChI is InChI=1S/C12H23NO2/c1-2-13(8-10-4-3-5-10)11-9-15-7-6-12(11)14/h10-12,14H,2-9H2,1H3. The van der Waals surface area contributed by atoms with Crippen LogP contribution in [-0.2, 0) is 4.74 Å². The molecule has 2 rings (SSSR count). The summed E-state index contributed by atoms with van der Waals surface area (Å²) in [5.74, 6) is 0.874. The molecule has 2 unspecified atom stereocenters. The molecule has 1 saturated heterocycles. The Morgan fingerprint density at radius 3 is 2.67 bits per heavy atom. The Morgan fingerprint density at radius 1 is 1.33 bits per heavy atom. The third-order valence-corrected chi connectivity index (χ3v) is 3.88. The van der Waals surface area contributed by atoms with Crippen LogP contribution in [0.15, 0.2) is 0 Å². The van der Waals surface area contributed by atoms with Crippen LogP contribution >= 0.6 is 0 Å². The van der Waals surface area contributed by atoms with Crippen molar-refractivity contribution < 1.29 is 9.84 Å². The smallest absolute Gasteiger partial charge is 0.0739 e. The highest BCUT2D eigenvalue weighted by atomic mass is 16.5. The highest BCUT2D eigenvalue weighted by Crippen LogP contribution is 2.28. The predicted molar refractivity (Wildman–Crippen MR) is 59.8 cm³/mol. The average Bonchev–Trinajstić information content (AvgIpc) is 2.19. The van der Waals surface area contributed by atoms with Crippen molar-refractivity contribution in [2.75, 3.05) is 26.3 Å². The van der Waals surface area contributed by atoms with Gasteiger partial charge in [-0.25, -0.2) is 0 Å². The first-order chi connectivity index (χ1) is 7.31. The van der Waals surface area contributed by atoms with Gasteiger partial charge in [-0.15, -0.1) is 0 Å². The van der Waals surface area contributed by atoms with E-state index in [9.17, 15) is 5.11 Å². The van der Waals surface area contributed by atoms with Gasteiger partial charge in [-0.3, -0.25) is 4.90 Å². The number of nitrogens with zero attached hydrogens (tertiary/aromatic N) is 1. The van der Waals surface area contributed by atoms with E-state index >= 15 is 0 Å². The number of hydrogen-bond acceptors (Lipinski definition) is 3. The molecular formula is C12H23NO2. The van der Waals surface area contributed by atoms with E-state index in [2.05, 4.69) is 11.8 Å². The van der Waals surface area contributed by atoms with Gasteiger partial charge in [0.2, 0.25) is 0 Å². The second-order valence-electron chi connectivity index (χ2n) is 4.88. The zero-order valence-electron chi connectivity index (χ0n) is 9.69. The molecule has 1 aliphatic carbocycles. The number of aliphatic hydroxyl groups excluding tert-OH is 1. The average molecular weight is 213 g/mol. The molecule has 88 valence electrons. The lowest BCUT2D eigenvalue weighted by Gasteiger charge is -2.40. The van der Waals surface area contributed by atoms with Gasteiger partial charge in [-0.1, -0.05) is 13.3 Å². The van der Waals surface area contributed by atoms with Crippen molar-refractivity contribution in [3.05, 3.63) is 0 Å². The second-order valence-corrected chi connectivity index (χ2v) is 4.88. The fraction of sp³-hybridized carbons (Fsp3) is 1.00. The summed E-state index contributed by atoms with van der Waals surface area (Å²) in [6.07, 6.45) is 4.76. The van der Waals surface area contributed by atoms with E-state index in [0.717, 1.165) is 32.0 Å². The lowest BCUT2D eigenvalue weighted by atomic mass is 9.84. The first-order valence-electron chi connectivity index (χ1n) is 6.31. The molecule has 0 aromatic carbocycles. The molecule has 0 aromatic heterocycles. The van der Waals surface area contributed by atoms with Crippen LogP contribution in [-0.4, -0.2) is 48.5 Å². The highest BCUT2D eigenvalue weighted by Gasteiger charge is 2.31. The first-order valence-corrected chi connectivity index (χ1v) is 6.31. The van der Waals surface area contributed by atoms with Crippen LogP contribution in [0.1, 0.15) is 32.6 Å². The van der Waals surface area contributed by atoms with Crippen LogP contribution in [0.5, 0.6) is 0 Å². The van der Waals surface area contributed by atoms with Crippen LogP contribution in [0.4, 0.5) is 0 Å². The monoisotopic (exact) mass is 213 g/mol. The predicted octanol–water partition coefficient (Wildman–Crippen LogP) is 1.26. The topological polar surface area (TPSA) is 32.7 Å². The molecule has 0 aromatic rings. The minimum atomic E-state index is -0.182. The van der Waals surface area contributed by atoms with Crippen LogP contribution in [0.3, 0.4) is 0 Å². The van der Waals surface area contributed by atoms with E-state index in [1.54, 1.807) is 0 Å². The fourth-order valence-electron chi connectivity index (χ4n) is 2.57. The quantitative estimate of drug-likeness (QED) is 0.763. The number of hydrogen-bond donors (Lipinski definition) is 1. The van der Waals surface area contributed by atoms with E-state index in [1.165, 1.54) is 19.3 Å². The van der Waals surface area contributed by atoms with E-state index in [0.29, 0.717) is 6.61 Å². The van der Waals surface area contributed by atoms with Crippen molar-refractivity contribution in [3.63, 3.8) is 0 Å². The van der Waals surface area contributed by atoms with Gasteiger partial charge in [0.25, 0.3) is 0 Å². The van der Waals surface area contributed by atoms with E-state index in [1.807, 2.05) is 0 Å². The van der Waals surface area contributed by atoms with Crippen LogP contribution in [0.2, 0.25) is 0 Å². The van der Waals surface area contributed by atoms with Gasteiger partial charge in [-0.05, 0) is 31.7 Å². The summed E-state index contributed by atoms with van der Waals surface area (Å²) >= 11 is 0. The Balaban J connectivity index is 1.85. The SMILES string of the molecule is CCN(CC1CCC1)C1COCCC1O. The number of ether oxygens (including phenoxy) is 1. The highest BCUT2D eigenvalue weighted by molar-refractivity contribution is 4.84. The minimum absolute atomic E-state index is 0.182. The summed E-state index contributed by atoms with van der Waals surface area (Å²) < 4.78 is 5.47. The molecule has 0 amide bonds. The lowest BCUT2D eigenvalue weighted by Crippen LogP contribution is -2.51. The summed E-state index contributed by atoms with van der Waals surface area (Å²) in [6, 6.07) is 0.240. The maximum Gasteiger partial charge on any atom is 0.0739 e. The summed E-state index contributed by atoms with van der Waals surface area (Å²) in [5.41, 5.74) is 0. The lowest BCUT2D eigenvalue weighted by molar-refractivity contribution is -0.0660. The van der Waals surface area contributed by atoms with Crippen LogP contribution < -0.4 is 0 Å². The van der Waals surface area contributed by atoms with Crippen LogP contribution in [0, 0.1) is 5.92 Å². The Kier molecular flexibility index (Phi) is 4.00. The van der Waals surface area contributed by atoms with Crippen molar-refractivity contribution in [1.29, 1.82) is 0 Å². The summed E-state index contributed by atoms with van der Waals surface area (Å²) in [7, 11) is 0. The third-order valence-electron chi connectivity index (χ3n) is 3.88. The largest absolute Gasteiger partial charge is 0.391 e. The molecule has 1 aliphatic heterocycles. The van der Waals surface area contributed by atoms with E-state index in [-0.39, 0.29) is 12.1 Å². The van der Waals surface area contributed by atoms with Crippen LogP contribution in [0.25, 0.3) is 0 Å². The van der Waals surface area contributed by atoms with E-state index in [4.69, 9.17) is 4.74 Å². The molecule has 2 atom stereocenters. The van der Waals surface area contributed by atoms with Gasteiger partial charge >= 0.3 is 0 Å². The fourth-order valence-corrected chi connectivity index (χ4v) is 2.57. The summed E-state index contributed by atoms with van der Waals surface area (Å²) in [4.78, 5) is 2.41. The second kappa shape index (κ2) is 5.28. The summed E-state index contributed by atoms with van der Waals surface area (Å²) in [6.45, 7) is 5.80. The Bertz CT molecular complexity index is 194. The molecule has 15 heavy (non-hydrogen) atoms. The zero-order chi connectivity index (χ0) is 10.7. The summed E-state index contributed by atoms with van der Waals surface area (Å²) in [5, 5.41) is 9.95. The molecule has 3 heteroatoms. The van der Waals surface area contributed by atoms with Gasteiger partial charge in [0, 0.05) is 13.2 Å². The molecular weight excluding hydrogens is 190 g/mol. The van der Waals surface area contributed by atoms with Crippen molar-refractivity contribution >= 4 is 0 Å². The molecule has 3 nitrogen and oxygen atoms in total. The molecule has 1 saturated carbocycles. The maximum absolute atomic E-state index is 9.95. The van der Waals surface area contributed by atoms with Gasteiger partial charge in [0.15, 0.2) is 0 Å². The normalized spacial score (nSPS) is 33.0. The molecule has 1 N–H and O–H groups in total. The van der Waals surface area contributed by atoms with Crippen molar-refractivity contribution in [2.45, 2.75) is 44.8 Å². The van der Waals surface area contributed by atoms with Gasteiger partial charge in [-0.2, -0.15) is 0 Å². The van der Waals surface area contributed by atoms with Crippen molar-refractivity contribution in [3.8, 4) is 0 Å². The zero-order valence-corrected chi connectivity index (χ0v) is 9.69. The Morgan fingerprint density at radius 2 is 2.13 bits per heavy atom. The minimum Gasteiger partial charge on any atom is -0.391 e. The maximum atomic E-state index is 9.95. The molecule has 2 aliphatic rings. The van der Waals surface area contributed by atoms with Gasteiger partial charge in [0.05, 0.1) is 18.8 Å². The van der Waals surface area contributed by atoms with Gasteiger partial charge < -0.3 is 9.84 Å². The van der Waals surface area contributed by atoms with E-state index < -0.39 is 0 Å². The van der Waals surface area contributed by atoms with Crippen molar-refractivity contribution in [2.24, 2.45) is 5.92 Å². The molecule has 1 heterocycles. The molecule has 0 bridgehead atoms. The molecule has 2 fully saturated rings. The third kappa shape index (κ3) is 2.71. The van der Waals surface area contributed by atoms with Gasteiger partial charge in [0.1, 0.15) is 0 Å². The number of aliphatic hydroxyl groups is 1. The number of likely N-dealkylation sites (N-methyl/N-ethyl adjacent to an activating group) is 1. The number of rotatable bonds is 4. The first kappa shape index (κ1) is 11.4. The Hall–Kier alpha value is -0.120. The molecule has 0 spiro atoms. The van der Waals surface area contributed by atoms with Crippen molar-refractivity contribution in [1.82, 2.24) is 4.90 Å². The Labute approximate surface area is 92.4 Å². The molecule has 0 radical (unpaired) electrons.